The summed E-state index contributed by atoms with van der Waals surface area (Å²) < 4.78 is 0. The van der Waals surface area contributed by atoms with Crippen molar-refractivity contribution in [1.29, 1.82) is 0 Å². The predicted octanol–water partition coefficient (Wildman–Crippen LogP) is 4.95. The first-order chi connectivity index (χ1) is 14.5. The van der Waals surface area contributed by atoms with E-state index in [2.05, 4.69) is 30.4 Å². The number of aryl methyl sites for hydroxylation is 1. The molecule has 1 N–H and O–H groups in total. The predicted molar refractivity (Wildman–Crippen MR) is 126 cm³/mol. The van der Waals surface area contributed by atoms with E-state index >= 15 is 0 Å². The molecule has 0 aromatic heterocycles. The molecule has 0 bridgehead atoms. The first kappa shape index (κ1) is 24.0. The fourth-order valence-corrected chi connectivity index (χ4v) is 4.22. The van der Waals surface area contributed by atoms with Gasteiger partial charge < -0.3 is 10.2 Å². The Bertz CT molecular complexity index is 795. The summed E-state index contributed by atoms with van der Waals surface area (Å²) in [5.41, 5.74) is 3.40. The highest BCUT2D eigenvalue weighted by Crippen LogP contribution is 2.17. The van der Waals surface area contributed by atoms with Crippen molar-refractivity contribution in [2.24, 2.45) is 0 Å². The van der Waals surface area contributed by atoms with Crippen molar-refractivity contribution >= 4 is 23.6 Å². The Morgan fingerprint density at radius 2 is 1.77 bits per heavy atom. The minimum atomic E-state index is -0.452. The maximum Gasteiger partial charge on any atom is 0.242 e. The molecule has 2 aromatic carbocycles. The van der Waals surface area contributed by atoms with Crippen molar-refractivity contribution in [3.8, 4) is 0 Å². The Hall–Kier alpha value is -2.27. The number of nitrogens with zero attached hydrogens (tertiary/aromatic N) is 1. The lowest BCUT2D eigenvalue weighted by atomic mass is 10.1. The highest BCUT2D eigenvalue weighted by atomic mass is 32.2. The van der Waals surface area contributed by atoms with E-state index in [-0.39, 0.29) is 11.8 Å². The molecular weight excluding hydrogens is 392 g/mol. The van der Waals surface area contributed by atoms with Crippen molar-refractivity contribution < 1.29 is 9.59 Å². The number of unbranched alkanes of at least 4 members (excludes halogenated alkanes) is 1. The second-order valence-electron chi connectivity index (χ2n) is 7.56. The number of hydrogen-bond donors (Lipinski definition) is 1. The highest BCUT2D eigenvalue weighted by molar-refractivity contribution is 7.99. The lowest BCUT2D eigenvalue weighted by Gasteiger charge is -2.30. The van der Waals surface area contributed by atoms with Gasteiger partial charge in [0.2, 0.25) is 11.8 Å². The Labute approximate surface area is 185 Å². The Kier molecular flexibility index (Phi) is 10.5. The zero-order chi connectivity index (χ0) is 21.8. The van der Waals surface area contributed by atoms with Crippen LogP contribution in [0.4, 0.5) is 0 Å². The van der Waals surface area contributed by atoms with Gasteiger partial charge in [-0.3, -0.25) is 9.59 Å². The summed E-state index contributed by atoms with van der Waals surface area (Å²) in [6, 6.07) is 17.8. The lowest BCUT2D eigenvalue weighted by Crippen LogP contribution is -2.49. The maximum absolute atomic E-state index is 13.2. The van der Waals surface area contributed by atoms with E-state index in [0.29, 0.717) is 25.3 Å². The molecule has 0 spiro atoms. The molecule has 0 aliphatic rings. The number of carbonyl (C=O) groups excluding carboxylic acids is 2. The van der Waals surface area contributed by atoms with Gasteiger partial charge in [0.05, 0.1) is 5.75 Å². The standard InChI is InChI=1S/C25H34N2O2S/c1-4-6-15-26-25(29)23(5-2)27(17-22-14-10-11-20(3)16-22)24(28)19-30-18-21-12-8-7-9-13-21/h7-14,16,23H,4-6,15,17-19H2,1-3H3,(H,26,29)/t23-/m1/s1. The van der Waals surface area contributed by atoms with Gasteiger partial charge in [-0.1, -0.05) is 80.4 Å². The minimum Gasteiger partial charge on any atom is -0.354 e. The third-order valence-corrected chi connectivity index (χ3v) is 5.98. The zero-order valence-corrected chi connectivity index (χ0v) is 19.2. The molecule has 2 amide bonds. The van der Waals surface area contributed by atoms with Crippen LogP contribution >= 0.6 is 11.8 Å². The van der Waals surface area contributed by atoms with Gasteiger partial charge in [-0.15, -0.1) is 11.8 Å². The number of amides is 2. The highest BCUT2D eigenvalue weighted by Gasteiger charge is 2.28. The average Bonchev–Trinajstić information content (AvgIpc) is 2.74. The van der Waals surface area contributed by atoms with Gasteiger partial charge in [-0.05, 0) is 30.9 Å². The number of rotatable bonds is 12. The van der Waals surface area contributed by atoms with Crippen LogP contribution in [0.5, 0.6) is 0 Å². The summed E-state index contributed by atoms with van der Waals surface area (Å²) in [4.78, 5) is 27.8. The molecule has 30 heavy (non-hydrogen) atoms. The minimum absolute atomic E-state index is 0.00919. The quantitative estimate of drug-likeness (QED) is 0.489. The smallest absolute Gasteiger partial charge is 0.242 e. The lowest BCUT2D eigenvalue weighted by molar-refractivity contribution is -0.139. The van der Waals surface area contributed by atoms with Gasteiger partial charge >= 0.3 is 0 Å². The van der Waals surface area contributed by atoms with E-state index in [1.807, 2.05) is 50.2 Å². The van der Waals surface area contributed by atoms with Gasteiger partial charge in [0.25, 0.3) is 0 Å². The molecular formula is C25H34N2O2S. The number of hydrogen-bond acceptors (Lipinski definition) is 3. The molecule has 162 valence electrons. The number of benzene rings is 2. The van der Waals surface area contributed by atoms with Gasteiger partial charge in [0, 0.05) is 18.8 Å². The molecule has 2 rings (SSSR count). The van der Waals surface area contributed by atoms with Crippen LogP contribution in [0.2, 0.25) is 0 Å². The topological polar surface area (TPSA) is 49.4 Å². The summed E-state index contributed by atoms with van der Waals surface area (Å²) >= 11 is 1.59. The average molecular weight is 427 g/mol. The van der Waals surface area contributed by atoms with Crippen LogP contribution in [-0.2, 0) is 21.9 Å². The molecule has 0 heterocycles. The van der Waals surface area contributed by atoms with Crippen LogP contribution in [0.25, 0.3) is 0 Å². The van der Waals surface area contributed by atoms with Crippen LogP contribution in [0.3, 0.4) is 0 Å². The fraction of sp³-hybridized carbons (Fsp3) is 0.440. The second kappa shape index (κ2) is 13.1. The van der Waals surface area contributed by atoms with E-state index in [0.717, 1.165) is 29.7 Å². The number of thioether (sulfide) groups is 1. The van der Waals surface area contributed by atoms with E-state index in [1.54, 1.807) is 16.7 Å². The molecule has 2 aromatic rings. The van der Waals surface area contributed by atoms with Gasteiger partial charge in [0.1, 0.15) is 6.04 Å². The van der Waals surface area contributed by atoms with Gasteiger partial charge in [-0.25, -0.2) is 0 Å². The SMILES string of the molecule is CCCCNC(=O)[C@@H](CC)N(Cc1cccc(C)c1)C(=O)CSCc1ccccc1. The largest absolute Gasteiger partial charge is 0.354 e. The third-order valence-electron chi connectivity index (χ3n) is 4.99. The van der Waals surface area contributed by atoms with Crippen molar-refractivity contribution in [3.05, 3.63) is 71.3 Å². The first-order valence-electron chi connectivity index (χ1n) is 10.8. The monoisotopic (exact) mass is 426 g/mol. The molecule has 0 radical (unpaired) electrons. The van der Waals surface area contributed by atoms with E-state index in [9.17, 15) is 9.59 Å². The fourth-order valence-electron chi connectivity index (χ4n) is 3.35. The normalized spacial score (nSPS) is 11.7. The zero-order valence-electron chi connectivity index (χ0n) is 18.4. The van der Waals surface area contributed by atoms with Crippen molar-refractivity contribution in [3.63, 3.8) is 0 Å². The molecule has 0 fully saturated rings. The summed E-state index contributed by atoms with van der Waals surface area (Å²) in [5, 5.41) is 3.01. The molecule has 1 atom stereocenters. The van der Waals surface area contributed by atoms with Gasteiger partial charge in [0.15, 0.2) is 0 Å². The van der Waals surface area contributed by atoms with E-state index in [1.165, 1.54) is 5.56 Å². The van der Waals surface area contributed by atoms with Crippen molar-refractivity contribution in [2.45, 2.75) is 58.4 Å². The second-order valence-corrected chi connectivity index (χ2v) is 8.54. The Morgan fingerprint density at radius 3 is 2.43 bits per heavy atom. The van der Waals surface area contributed by atoms with Crippen LogP contribution in [0, 0.1) is 6.92 Å². The molecule has 4 nitrogen and oxygen atoms in total. The van der Waals surface area contributed by atoms with Crippen LogP contribution in [-0.4, -0.2) is 35.1 Å². The number of carbonyl (C=O) groups is 2. The molecule has 0 saturated carbocycles. The Morgan fingerprint density at radius 1 is 1.03 bits per heavy atom. The third kappa shape index (κ3) is 7.86. The molecule has 0 unspecified atom stereocenters. The Balaban J connectivity index is 2.09. The molecule has 0 aliphatic carbocycles. The van der Waals surface area contributed by atoms with Crippen LogP contribution in [0.15, 0.2) is 54.6 Å². The summed E-state index contributed by atoms with van der Waals surface area (Å²) in [7, 11) is 0. The van der Waals surface area contributed by atoms with E-state index < -0.39 is 6.04 Å². The maximum atomic E-state index is 13.2. The van der Waals surface area contributed by atoms with Crippen LogP contribution < -0.4 is 5.32 Å². The summed E-state index contributed by atoms with van der Waals surface area (Å²) in [6.45, 7) is 7.21. The van der Waals surface area contributed by atoms with Crippen molar-refractivity contribution in [1.82, 2.24) is 10.2 Å². The molecule has 5 heteroatoms. The number of nitrogens with one attached hydrogen (secondary N) is 1. The first-order valence-corrected chi connectivity index (χ1v) is 11.9. The molecule has 0 saturated heterocycles. The summed E-state index contributed by atoms with van der Waals surface area (Å²) in [6.07, 6.45) is 2.57. The van der Waals surface area contributed by atoms with Crippen LogP contribution in [0.1, 0.15) is 49.8 Å². The molecule has 0 aliphatic heterocycles. The van der Waals surface area contributed by atoms with Crippen molar-refractivity contribution in [2.75, 3.05) is 12.3 Å². The van der Waals surface area contributed by atoms with Gasteiger partial charge in [-0.2, -0.15) is 0 Å². The summed E-state index contributed by atoms with van der Waals surface area (Å²) in [5.74, 6) is 1.10. The van der Waals surface area contributed by atoms with E-state index in [4.69, 9.17) is 0 Å².